The van der Waals surface area contributed by atoms with Crippen molar-refractivity contribution in [1.29, 1.82) is 5.26 Å². The molecule has 0 aliphatic carbocycles. The molecular weight excluding hydrogens is 226 g/mol. The third-order valence-electron chi connectivity index (χ3n) is 2.80. The van der Waals surface area contributed by atoms with Crippen molar-refractivity contribution >= 4 is 5.82 Å². The Labute approximate surface area is 106 Å². The summed E-state index contributed by atoms with van der Waals surface area (Å²) in [7, 11) is 0. The lowest BCUT2D eigenvalue weighted by Crippen LogP contribution is -2.08. The molecule has 0 aromatic carbocycles. The van der Waals surface area contributed by atoms with Crippen LogP contribution in [0.1, 0.15) is 35.6 Å². The summed E-state index contributed by atoms with van der Waals surface area (Å²) in [6, 6.07) is 7.73. The Kier molecular flexibility index (Phi) is 3.33. The molecule has 2 heterocycles. The first kappa shape index (κ1) is 12.2. The molecule has 0 saturated heterocycles. The molecule has 0 radical (unpaired) electrons. The van der Waals surface area contributed by atoms with Gasteiger partial charge in [0.15, 0.2) is 0 Å². The van der Waals surface area contributed by atoms with Gasteiger partial charge in [0, 0.05) is 11.8 Å². The first-order chi connectivity index (χ1) is 8.60. The van der Waals surface area contributed by atoms with Crippen molar-refractivity contribution in [3.8, 4) is 6.07 Å². The zero-order valence-electron chi connectivity index (χ0n) is 10.7. The molecule has 0 spiro atoms. The molecule has 92 valence electrons. The van der Waals surface area contributed by atoms with Crippen molar-refractivity contribution in [2.75, 3.05) is 5.32 Å². The Balaban J connectivity index is 2.13. The Morgan fingerprint density at radius 2 is 2.17 bits per heavy atom. The molecule has 2 rings (SSSR count). The summed E-state index contributed by atoms with van der Waals surface area (Å²) in [5.74, 6) is 2.57. The highest BCUT2D eigenvalue weighted by molar-refractivity contribution is 5.42. The van der Waals surface area contributed by atoms with Crippen LogP contribution in [0, 0.1) is 25.2 Å². The van der Waals surface area contributed by atoms with Gasteiger partial charge in [-0.25, -0.2) is 4.98 Å². The number of aromatic nitrogens is 1. The van der Waals surface area contributed by atoms with Gasteiger partial charge in [0.1, 0.15) is 23.4 Å². The molecule has 2 aromatic rings. The highest BCUT2D eigenvalue weighted by Crippen LogP contribution is 2.24. The van der Waals surface area contributed by atoms with Gasteiger partial charge in [0.2, 0.25) is 0 Å². The van der Waals surface area contributed by atoms with E-state index in [4.69, 9.17) is 9.68 Å². The van der Waals surface area contributed by atoms with Crippen molar-refractivity contribution in [3.05, 3.63) is 47.0 Å². The van der Waals surface area contributed by atoms with Crippen LogP contribution in [-0.4, -0.2) is 4.98 Å². The van der Waals surface area contributed by atoms with Crippen LogP contribution in [0.4, 0.5) is 5.82 Å². The van der Waals surface area contributed by atoms with Crippen molar-refractivity contribution < 1.29 is 4.42 Å². The zero-order chi connectivity index (χ0) is 13.1. The quantitative estimate of drug-likeness (QED) is 0.895. The third kappa shape index (κ3) is 2.51. The minimum Gasteiger partial charge on any atom is -0.466 e. The van der Waals surface area contributed by atoms with Crippen LogP contribution in [0.2, 0.25) is 0 Å². The Morgan fingerprint density at radius 3 is 2.67 bits per heavy atom. The molecule has 18 heavy (non-hydrogen) atoms. The number of nitrogens with one attached hydrogen (secondary N) is 1. The van der Waals surface area contributed by atoms with E-state index in [1.54, 1.807) is 18.3 Å². The fourth-order valence-corrected chi connectivity index (χ4v) is 1.93. The van der Waals surface area contributed by atoms with Crippen molar-refractivity contribution in [3.63, 3.8) is 0 Å². The minimum atomic E-state index is 0.114. The van der Waals surface area contributed by atoms with E-state index in [-0.39, 0.29) is 6.04 Å². The maximum Gasteiger partial charge on any atom is 0.126 e. The van der Waals surface area contributed by atoms with Gasteiger partial charge in [-0.1, -0.05) is 0 Å². The molecular formula is C14H15N3O. The summed E-state index contributed by atoms with van der Waals surface area (Å²) in [5.41, 5.74) is 1.68. The Morgan fingerprint density at radius 1 is 1.39 bits per heavy atom. The summed E-state index contributed by atoms with van der Waals surface area (Å²) in [6.45, 7) is 5.94. The van der Waals surface area contributed by atoms with Gasteiger partial charge in [-0.3, -0.25) is 0 Å². The van der Waals surface area contributed by atoms with Crippen LogP contribution in [0.25, 0.3) is 0 Å². The molecule has 4 nitrogen and oxygen atoms in total. The van der Waals surface area contributed by atoms with E-state index in [9.17, 15) is 0 Å². The number of rotatable bonds is 3. The van der Waals surface area contributed by atoms with Crippen LogP contribution in [-0.2, 0) is 0 Å². The number of hydrogen-bond acceptors (Lipinski definition) is 4. The van der Waals surface area contributed by atoms with Gasteiger partial charge in [-0.2, -0.15) is 5.26 Å². The molecule has 0 amide bonds. The fourth-order valence-electron chi connectivity index (χ4n) is 1.93. The molecule has 0 fully saturated rings. The van der Waals surface area contributed by atoms with Crippen LogP contribution in [0.5, 0.6) is 0 Å². The maximum absolute atomic E-state index is 8.70. The fraction of sp³-hybridized carbons (Fsp3) is 0.286. The standard InChI is InChI=1S/C14H15N3O/c1-9-6-13(11(3)18-9)10(2)17-14-5-4-12(7-15)8-16-14/h4-6,8,10H,1-3H3,(H,16,17)/t10-/m0/s1. The molecule has 2 aromatic heterocycles. The highest BCUT2D eigenvalue weighted by atomic mass is 16.3. The van der Waals surface area contributed by atoms with E-state index in [1.807, 2.05) is 26.0 Å². The number of aryl methyl sites for hydroxylation is 2. The molecule has 0 unspecified atom stereocenters. The normalized spacial score (nSPS) is 11.9. The lowest BCUT2D eigenvalue weighted by molar-refractivity contribution is 0.500. The number of nitrogens with zero attached hydrogens (tertiary/aromatic N) is 2. The minimum absolute atomic E-state index is 0.114. The number of nitriles is 1. The number of pyridine rings is 1. The van der Waals surface area contributed by atoms with Crippen LogP contribution in [0.3, 0.4) is 0 Å². The number of anilines is 1. The Bertz CT molecular complexity index is 578. The average molecular weight is 241 g/mol. The van der Waals surface area contributed by atoms with Crippen LogP contribution < -0.4 is 5.32 Å². The van der Waals surface area contributed by atoms with Crippen molar-refractivity contribution in [2.45, 2.75) is 26.8 Å². The van der Waals surface area contributed by atoms with E-state index in [2.05, 4.69) is 17.2 Å². The molecule has 0 saturated carbocycles. The van der Waals surface area contributed by atoms with Gasteiger partial charge >= 0.3 is 0 Å². The summed E-state index contributed by atoms with van der Waals surface area (Å²) >= 11 is 0. The third-order valence-corrected chi connectivity index (χ3v) is 2.80. The lowest BCUT2D eigenvalue weighted by Gasteiger charge is -2.13. The van der Waals surface area contributed by atoms with Crippen LogP contribution >= 0.6 is 0 Å². The van der Waals surface area contributed by atoms with E-state index in [0.29, 0.717) is 5.56 Å². The smallest absolute Gasteiger partial charge is 0.126 e. The number of furan rings is 1. The molecule has 1 N–H and O–H groups in total. The van der Waals surface area contributed by atoms with Crippen molar-refractivity contribution in [2.24, 2.45) is 0 Å². The van der Waals surface area contributed by atoms with E-state index in [0.717, 1.165) is 22.9 Å². The summed E-state index contributed by atoms with van der Waals surface area (Å²) in [5, 5.41) is 12.0. The van der Waals surface area contributed by atoms with E-state index < -0.39 is 0 Å². The second-order valence-corrected chi connectivity index (χ2v) is 4.28. The van der Waals surface area contributed by atoms with E-state index in [1.165, 1.54) is 0 Å². The largest absolute Gasteiger partial charge is 0.466 e. The van der Waals surface area contributed by atoms with Gasteiger partial charge in [0.05, 0.1) is 11.6 Å². The predicted octanol–water partition coefficient (Wildman–Crippen LogP) is 3.34. The topological polar surface area (TPSA) is 61.9 Å². The van der Waals surface area contributed by atoms with Gasteiger partial charge in [0.25, 0.3) is 0 Å². The average Bonchev–Trinajstić information content (AvgIpc) is 2.69. The molecule has 1 atom stereocenters. The highest BCUT2D eigenvalue weighted by Gasteiger charge is 2.12. The lowest BCUT2D eigenvalue weighted by atomic mass is 10.1. The molecule has 0 bridgehead atoms. The molecule has 0 aliphatic heterocycles. The molecule has 0 aliphatic rings. The molecule has 4 heteroatoms. The summed E-state index contributed by atoms with van der Waals surface area (Å²) < 4.78 is 5.51. The monoisotopic (exact) mass is 241 g/mol. The first-order valence-corrected chi connectivity index (χ1v) is 5.80. The first-order valence-electron chi connectivity index (χ1n) is 5.80. The predicted molar refractivity (Wildman–Crippen MR) is 69.2 cm³/mol. The second kappa shape index (κ2) is 4.92. The van der Waals surface area contributed by atoms with E-state index >= 15 is 0 Å². The van der Waals surface area contributed by atoms with Gasteiger partial charge in [-0.05, 0) is 39.0 Å². The van der Waals surface area contributed by atoms with Crippen molar-refractivity contribution in [1.82, 2.24) is 4.98 Å². The van der Waals surface area contributed by atoms with Crippen LogP contribution in [0.15, 0.2) is 28.8 Å². The maximum atomic E-state index is 8.70. The van der Waals surface area contributed by atoms with Gasteiger partial charge < -0.3 is 9.73 Å². The number of hydrogen-bond donors (Lipinski definition) is 1. The summed E-state index contributed by atoms with van der Waals surface area (Å²) in [4.78, 5) is 4.19. The SMILES string of the molecule is Cc1cc([C@H](C)Nc2ccc(C#N)cn2)c(C)o1. The van der Waals surface area contributed by atoms with Gasteiger partial charge in [-0.15, -0.1) is 0 Å². The Hall–Kier alpha value is -2.28. The summed E-state index contributed by atoms with van der Waals surface area (Å²) in [6.07, 6.45) is 1.56. The zero-order valence-corrected chi connectivity index (χ0v) is 10.7. The second-order valence-electron chi connectivity index (χ2n) is 4.28.